The summed E-state index contributed by atoms with van der Waals surface area (Å²) in [6, 6.07) is 16.4. The van der Waals surface area contributed by atoms with E-state index in [9.17, 15) is 0 Å². The van der Waals surface area contributed by atoms with Crippen molar-refractivity contribution in [3.63, 3.8) is 0 Å². The zero-order valence-electron chi connectivity index (χ0n) is 16.4. The number of methoxy groups -OCH3 is 1. The van der Waals surface area contributed by atoms with Gasteiger partial charge in [-0.2, -0.15) is 4.98 Å². The van der Waals surface area contributed by atoms with E-state index in [1.807, 2.05) is 31.2 Å². The van der Waals surface area contributed by atoms with Gasteiger partial charge in [-0.05, 0) is 65.9 Å². The van der Waals surface area contributed by atoms with Crippen LogP contribution >= 0.6 is 15.9 Å². The van der Waals surface area contributed by atoms with E-state index in [1.54, 1.807) is 7.11 Å². The maximum atomic E-state index is 6.26. The smallest absolute Gasteiger partial charge is 0.225 e. The summed E-state index contributed by atoms with van der Waals surface area (Å²) in [4.78, 5) is 9.11. The fraction of sp³-hybridized carbons (Fsp3) is 0.273. The normalized spacial score (nSPS) is 11.9. The number of halogens is 1. The highest BCUT2D eigenvalue weighted by molar-refractivity contribution is 9.10. The molecule has 0 aliphatic rings. The third-order valence-electron chi connectivity index (χ3n) is 4.77. The Morgan fingerprint density at radius 1 is 1.11 bits per heavy atom. The van der Waals surface area contributed by atoms with Crippen LogP contribution in [0, 0.1) is 6.92 Å². The number of aromatic nitrogens is 2. The zero-order chi connectivity index (χ0) is 20.1. The number of anilines is 2. The summed E-state index contributed by atoms with van der Waals surface area (Å²) in [5.41, 5.74) is 10.5. The fourth-order valence-electron chi connectivity index (χ4n) is 3.15. The largest absolute Gasteiger partial charge is 0.496 e. The zero-order valence-corrected chi connectivity index (χ0v) is 18.0. The van der Waals surface area contributed by atoms with E-state index in [2.05, 4.69) is 62.4 Å². The van der Waals surface area contributed by atoms with Crippen LogP contribution in [0.1, 0.15) is 35.3 Å². The van der Waals surface area contributed by atoms with Gasteiger partial charge in [0.15, 0.2) is 0 Å². The number of benzene rings is 2. The third-order valence-corrected chi connectivity index (χ3v) is 5.39. The third kappa shape index (κ3) is 4.81. The minimum absolute atomic E-state index is 0.0995. The standard InChI is InChI=1S/C22H25BrN4O/c1-14(17-7-5-4-6-8-17)25-22-26-15(2)18(21(24)27-22)11-9-16-10-12-20(28-3)19(23)13-16/h4-8,10,12-14H,9,11H2,1-3H3,(H3,24,25,26,27)/t14-/m0/s1. The average Bonchev–Trinajstić information content (AvgIpc) is 2.68. The van der Waals surface area contributed by atoms with Crippen LogP contribution in [0.4, 0.5) is 11.8 Å². The molecule has 0 saturated carbocycles. The topological polar surface area (TPSA) is 73.1 Å². The molecule has 0 fully saturated rings. The molecule has 0 amide bonds. The van der Waals surface area contributed by atoms with Crippen molar-refractivity contribution in [3.8, 4) is 5.75 Å². The van der Waals surface area contributed by atoms with Crippen molar-refractivity contribution in [3.05, 3.63) is 75.4 Å². The summed E-state index contributed by atoms with van der Waals surface area (Å²) in [5, 5.41) is 3.34. The molecule has 28 heavy (non-hydrogen) atoms. The lowest BCUT2D eigenvalue weighted by Gasteiger charge is -2.16. The number of nitrogens with one attached hydrogen (secondary N) is 1. The molecule has 1 heterocycles. The Hall–Kier alpha value is -2.60. The maximum Gasteiger partial charge on any atom is 0.225 e. The van der Waals surface area contributed by atoms with Crippen LogP contribution in [0.15, 0.2) is 53.0 Å². The molecule has 1 aromatic heterocycles. The summed E-state index contributed by atoms with van der Waals surface area (Å²) in [7, 11) is 1.66. The number of hydrogen-bond acceptors (Lipinski definition) is 5. The lowest BCUT2D eigenvalue weighted by molar-refractivity contribution is 0.412. The van der Waals surface area contributed by atoms with E-state index in [0.29, 0.717) is 11.8 Å². The van der Waals surface area contributed by atoms with Crippen LogP contribution in [-0.4, -0.2) is 17.1 Å². The second kappa shape index (κ2) is 9.06. The van der Waals surface area contributed by atoms with Crippen molar-refractivity contribution in [2.75, 3.05) is 18.2 Å². The minimum atomic E-state index is 0.0995. The number of rotatable bonds is 7. The molecule has 2 aromatic carbocycles. The summed E-state index contributed by atoms with van der Waals surface area (Å²) in [5.74, 6) is 1.91. The second-order valence-corrected chi connectivity index (χ2v) is 7.60. The Labute approximate surface area is 174 Å². The van der Waals surface area contributed by atoms with Crippen LogP contribution in [0.3, 0.4) is 0 Å². The van der Waals surface area contributed by atoms with Gasteiger partial charge < -0.3 is 15.8 Å². The van der Waals surface area contributed by atoms with E-state index in [4.69, 9.17) is 10.5 Å². The first kappa shape index (κ1) is 20.1. The van der Waals surface area contributed by atoms with Gasteiger partial charge >= 0.3 is 0 Å². The molecule has 0 unspecified atom stereocenters. The number of nitrogens with two attached hydrogens (primary N) is 1. The Kier molecular flexibility index (Phi) is 6.52. The van der Waals surface area contributed by atoms with Gasteiger partial charge in [-0.15, -0.1) is 0 Å². The Bertz CT molecular complexity index is 924. The lowest BCUT2D eigenvalue weighted by Crippen LogP contribution is -2.13. The highest BCUT2D eigenvalue weighted by atomic mass is 79.9. The van der Waals surface area contributed by atoms with E-state index >= 15 is 0 Å². The minimum Gasteiger partial charge on any atom is -0.496 e. The van der Waals surface area contributed by atoms with Gasteiger partial charge in [0.25, 0.3) is 0 Å². The molecule has 6 heteroatoms. The molecular weight excluding hydrogens is 416 g/mol. The van der Waals surface area contributed by atoms with Crippen molar-refractivity contribution in [1.29, 1.82) is 0 Å². The molecule has 0 aliphatic heterocycles. The number of hydrogen-bond donors (Lipinski definition) is 2. The molecule has 0 radical (unpaired) electrons. The molecule has 1 atom stereocenters. The summed E-state index contributed by atoms with van der Waals surface area (Å²) in [6.45, 7) is 4.06. The van der Waals surface area contributed by atoms with Gasteiger partial charge in [-0.25, -0.2) is 4.98 Å². The molecule has 0 spiro atoms. The van der Waals surface area contributed by atoms with Gasteiger partial charge in [0.2, 0.25) is 5.95 Å². The number of aryl methyl sites for hydroxylation is 2. The Morgan fingerprint density at radius 2 is 1.86 bits per heavy atom. The number of nitrogen functional groups attached to an aromatic ring is 1. The lowest BCUT2D eigenvalue weighted by atomic mass is 10.0. The maximum absolute atomic E-state index is 6.26. The van der Waals surface area contributed by atoms with E-state index in [1.165, 1.54) is 11.1 Å². The summed E-state index contributed by atoms with van der Waals surface area (Å²) in [6.07, 6.45) is 1.63. The molecule has 3 rings (SSSR count). The molecule has 5 nitrogen and oxygen atoms in total. The molecule has 146 valence electrons. The van der Waals surface area contributed by atoms with Crippen LogP contribution in [-0.2, 0) is 12.8 Å². The number of ether oxygens (including phenoxy) is 1. The van der Waals surface area contributed by atoms with Crippen molar-refractivity contribution < 1.29 is 4.74 Å². The Balaban J connectivity index is 1.70. The highest BCUT2D eigenvalue weighted by Crippen LogP contribution is 2.27. The van der Waals surface area contributed by atoms with E-state index < -0.39 is 0 Å². The number of nitrogens with zero attached hydrogens (tertiary/aromatic N) is 2. The molecule has 0 saturated heterocycles. The van der Waals surface area contributed by atoms with Gasteiger partial charge in [0.05, 0.1) is 17.6 Å². The average molecular weight is 441 g/mol. The van der Waals surface area contributed by atoms with Crippen molar-refractivity contribution in [1.82, 2.24) is 9.97 Å². The summed E-state index contributed by atoms with van der Waals surface area (Å²) >= 11 is 3.53. The van der Waals surface area contributed by atoms with Crippen LogP contribution in [0.2, 0.25) is 0 Å². The first-order valence-electron chi connectivity index (χ1n) is 9.24. The molecule has 0 aliphatic carbocycles. The van der Waals surface area contributed by atoms with Gasteiger partial charge in [0, 0.05) is 11.3 Å². The van der Waals surface area contributed by atoms with Crippen LogP contribution in [0.25, 0.3) is 0 Å². The van der Waals surface area contributed by atoms with Crippen LogP contribution in [0.5, 0.6) is 5.75 Å². The molecule has 0 bridgehead atoms. The molecule has 3 N–H and O–H groups in total. The van der Waals surface area contributed by atoms with E-state index in [-0.39, 0.29) is 6.04 Å². The van der Waals surface area contributed by atoms with Gasteiger partial charge in [-0.3, -0.25) is 0 Å². The first-order chi connectivity index (χ1) is 13.5. The fourth-order valence-corrected chi connectivity index (χ4v) is 3.73. The Morgan fingerprint density at radius 3 is 2.50 bits per heavy atom. The van der Waals surface area contributed by atoms with Crippen molar-refractivity contribution in [2.45, 2.75) is 32.7 Å². The predicted octanol–water partition coefficient (Wildman–Crippen LogP) is 5.10. The quantitative estimate of drug-likeness (QED) is 0.534. The highest BCUT2D eigenvalue weighted by Gasteiger charge is 2.12. The predicted molar refractivity (Wildman–Crippen MR) is 118 cm³/mol. The van der Waals surface area contributed by atoms with Gasteiger partial charge in [-0.1, -0.05) is 36.4 Å². The van der Waals surface area contributed by atoms with E-state index in [0.717, 1.165) is 34.3 Å². The summed E-state index contributed by atoms with van der Waals surface area (Å²) < 4.78 is 6.23. The first-order valence-corrected chi connectivity index (χ1v) is 10.0. The SMILES string of the molecule is COc1ccc(CCc2c(C)nc(N[C@@H](C)c3ccccc3)nc2N)cc1Br. The second-order valence-electron chi connectivity index (χ2n) is 6.74. The van der Waals surface area contributed by atoms with Crippen molar-refractivity contribution >= 4 is 27.7 Å². The molecular formula is C22H25BrN4O. The monoisotopic (exact) mass is 440 g/mol. The van der Waals surface area contributed by atoms with Crippen LogP contribution < -0.4 is 15.8 Å². The van der Waals surface area contributed by atoms with Crippen molar-refractivity contribution in [2.24, 2.45) is 0 Å². The molecule has 3 aromatic rings. The van der Waals surface area contributed by atoms with Gasteiger partial charge in [0.1, 0.15) is 11.6 Å².